The molecule has 3 aromatic carbocycles. The predicted octanol–water partition coefficient (Wildman–Crippen LogP) is 6.74. The van der Waals surface area contributed by atoms with E-state index in [9.17, 15) is 9.90 Å². The number of nitrogen functional groups attached to an aromatic ring is 1. The minimum Gasteiger partial charge on any atom is -0.481 e. The largest absolute Gasteiger partial charge is 0.481 e. The molecule has 2 heterocycles. The normalized spacial score (nSPS) is 13.9. The standard InChI is InChI=1S/C31H25N3O3/c1-19-27(26-17-24(18-33-29(26)32)20-5-3-2-4-6-20)28(37-34-19)23-9-7-21(8-10-23)22-11-13-25(14-12-22)31(15-16-31)30(35)36/h2-14,17-18H,15-16H2,1H3,(H2,32,33)(H,35,36). The second-order valence-corrected chi connectivity index (χ2v) is 9.54. The highest BCUT2D eigenvalue weighted by Crippen LogP contribution is 2.48. The van der Waals surface area contributed by atoms with Gasteiger partial charge in [-0.3, -0.25) is 4.79 Å². The number of nitrogens with two attached hydrogens (primary N) is 1. The molecular formula is C31H25N3O3. The molecule has 0 spiro atoms. The molecule has 2 aromatic heterocycles. The van der Waals surface area contributed by atoms with Crippen LogP contribution in [-0.2, 0) is 10.2 Å². The maximum absolute atomic E-state index is 11.6. The van der Waals surface area contributed by atoms with Crippen molar-refractivity contribution >= 4 is 11.8 Å². The number of hydrogen-bond acceptors (Lipinski definition) is 5. The van der Waals surface area contributed by atoms with Crippen LogP contribution in [0.25, 0.3) is 44.7 Å². The van der Waals surface area contributed by atoms with E-state index in [-0.39, 0.29) is 0 Å². The summed E-state index contributed by atoms with van der Waals surface area (Å²) in [6.07, 6.45) is 3.17. The van der Waals surface area contributed by atoms with Crippen molar-refractivity contribution in [3.8, 4) is 44.7 Å². The van der Waals surface area contributed by atoms with Gasteiger partial charge in [-0.1, -0.05) is 84.0 Å². The molecule has 0 unspecified atom stereocenters. The van der Waals surface area contributed by atoms with Gasteiger partial charge in [0.25, 0.3) is 0 Å². The van der Waals surface area contributed by atoms with Crippen molar-refractivity contribution in [2.24, 2.45) is 0 Å². The molecule has 182 valence electrons. The van der Waals surface area contributed by atoms with Gasteiger partial charge in [-0.2, -0.15) is 0 Å². The second-order valence-electron chi connectivity index (χ2n) is 9.54. The molecule has 3 N–H and O–H groups in total. The smallest absolute Gasteiger partial charge is 0.314 e. The van der Waals surface area contributed by atoms with Crippen LogP contribution in [0.15, 0.2) is 95.6 Å². The number of rotatable bonds is 6. The van der Waals surface area contributed by atoms with Crippen molar-refractivity contribution < 1.29 is 14.4 Å². The molecule has 6 rings (SSSR count). The molecule has 5 aromatic rings. The zero-order valence-electron chi connectivity index (χ0n) is 20.3. The fourth-order valence-electron chi connectivity index (χ4n) is 4.89. The lowest BCUT2D eigenvalue weighted by Gasteiger charge is -2.11. The van der Waals surface area contributed by atoms with Gasteiger partial charge in [0.1, 0.15) is 5.82 Å². The van der Waals surface area contributed by atoms with Crippen LogP contribution in [0.5, 0.6) is 0 Å². The van der Waals surface area contributed by atoms with E-state index in [0.717, 1.165) is 50.2 Å². The van der Waals surface area contributed by atoms with Crippen molar-refractivity contribution in [2.45, 2.75) is 25.2 Å². The van der Waals surface area contributed by atoms with Gasteiger partial charge in [-0.05, 0) is 48.1 Å². The van der Waals surface area contributed by atoms with Gasteiger partial charge >= 0.3 is 5.97 Å². The van der Waals surface area contributed by atoms with Gasteiger partial charge in [0, 0.05) is 22.9 Å². The van der Waals surface area contributed by atoms with Crippen molar-refractivity contribution in [2.75, 3.05) is 5.73 Å². The minimum atomic E-state index is -0.743. The van der Waals surface area contributed by atoms with Crippen LogP contribution in [0.4, 0.5) is 5.82 Å². The summed E-state index contributed by atoms with van der Waals surface area (Å²) >= 11 is 0. The Kier molecular flexibility index (Phi) is 5.37. The van der Waals surface area contributed by atoms with E-state index in [0.29, 0.717) is 24.4 Å². The van der Waals surface area contributed by atoms with Crippen molar-refractivity contribution in [1.82, 2.24) is 10.1 Å². The number of aryl methyl sites for hydroxylation is 1. The lowest BCUT2D eigenvalue weighted by molar-refractivity contribution is -0.140. The molecular weight excluding hydrogens is 462 g/mol. The van der Waals surface area contributed by atoms with Crippen LogP contribution in [-0.4, -0.2) is 21.2 Å². The molecule has 0 aliphatic heterocycles. The summed E-state index contributed by atoms with van der Waals surface area (Å²) in [4.78, 5) is 16.1. The van der Waals surface area contributed by atoms with E-state index in [4.69, 9.17) is 10.3 Å². The fourth-order valence-corrected chi connectivity index (χ4v) is 4.89. The van der Waals surface area contributed by atoms with Crippen LogP contribution in [0, 0.1) is 6.92 Å². The van der Waals surface area contributed by atoms with E-state index < -0.39 is 11.4 Å². The van der Waals surface area contributed by atoms with E-state index in [2.05, 4.69) is 10.1 Å². The van der Waals surface area contributed by atoms with Crippen LogP contribution < -0.4 is 5.73 Å². The molecule has 0 amide bonds. The number of carbonyl (C=O) groups is 1. The summed E-state index contributed by atoms with van der Waals surface area (Å²) in [5.41, 5.74) is 13.8. The van der Waals surface area contributed by atoms with E-state index in [1.807, 2.05) is 91.9 Å². The first kappa shape index (κ1) is 22.7. The average Bonchev–Trinajstić information content (AvgIpc) is 3.67. The van der Waals surface area contributed by atoms with Gasteiger partial charge < -0.3 is 15.4 Å². The monoisotopic (exact) mass is 487 g/mol. The first-order valence-corrected chi connectivity index (χ1v) is 12.2. The number of aliphatic carboxylic acids is 1. The summed E-state index contributed by atoms with van der Waals surface area (Å²) in [5.74, 6) is 0.307. The molecule has 0 radical (unpaired) electrons. The Bertz CT molecular complexity index is 1600. The Balaban J connectivity index is 1.33. The SMILES string of the molecule is Cc1noc(-c2ccc(-c3ccc(C4(C(=O)O)CC4)cc3)cc2)c1-c1cc(-c2ccccc2)cnc1N. The molecule has 1 saturated carbocycles. The summed E-state index contributed by atoms with van der Waals surface area (Å²) in [6, 6.07) is 27.9. The summed E-state index contributed by atoms with van der Waals surface area (Å²) in [7, 11) is 0. The predicted molar refractivity (Wildman–Crippen MR) is 144 cm³/mol. The van der Waals surface area contributed by atoms with E-state index in [1.165, 1.54) is 0 Å². The van der Waals surface area contributed by atoms with Gasteiger partial charge in [0.05, 0.1) is 16.7 Å². The number of aromatic nitrogens is 2. The Morgan fingerprint density at radius 3 is 2.08 bits per heavy atom. The molecule has 1 aliphatic carbocycles. The molecule has 0 bridgehead atoms. The van der Waals surface area contributed by atoms with Gasteiger partial charge in [0.2, 0.25) is 0 Å². The summed E-state index contributed by atoms with van der Waals surface area (Å²) in [6.45, 7) is 1.90. The van der Waals surface area contributed by atoms with Gasteiger partial charge in [0.15, 0.2) is 5.76 Å². The van der Waals surface area contributed by atoms with Crippen LogP contribution in [0.2, 0.25) is 0 Å². The molecule has 0 atom stereocenters. The number of nitrogens with zero attached hydrogens (tertiary/aromatic N) is 2. The number of carboxylic acid groups (broad SMARTS) is 1. The minimum absolute atomic E-state index is 0.415. The fraction of sp³-hybridized carbons (Fsp3) is 0.129. The zero-order valence-corrected chi connectivity index (χ0v) is 20.3. The number of pyridine rings is 1. The lowest BCUT2D eigenvalue weighted by atomic mass is 9.93. The van der Waals surface area contributed by atoms with E-state index in [1.54, 1.807) is 6.20 Å². The Morgan fingerprint density at radius 2 is 1.46 bits per heavy atom. The number of benzene rings is 3. The van der Waals surface area contributed by atoms with Crippen LogP contribution >= 0.6 is 0 Å². The average molecular weight is 488 g/mol. The Hall–Kier alpha value is -4.71. The maximum atomic E-state index is 11.6. The van der Waals surface area contributed by atoms with Crippen molar-refractivity contribution in [3.63, 3.8) is 0 Å². The Morgan fingerprint density at radius 1 is 0.865 bits per heavy atom. The van der Waals surface area contributed by atoms with Gasteiger partial charge in [-0.15, -0.1) is 0 Å². The third-order valence-corrected chi connectivity index (χ3v) is 7.23. The third kappa shape index (κ3) is 3.96. The molecule has 6 heteroatoms. The topological polar surface area (TPSA) is 102 Å². The number of hydrogen-bond donors (Lipinski definition) is 2. The third-order valence-electron chi connectivity index (χ3n) is 7.23. The number of carboxylic acids is 1. The van der Waals surface area contributed by atoms with Crippen molar-refractivity contribution in [3.05, 3.63) is 102 Å². The summed E-state index contributed by atoms with van der Waals surface area (Å²) < 4.78 is 5.78. The van der Waals surface area contributed by atoms with Crippen LogP contribution in [0.1, 0.15) is 24.1 Å². The first-order chi connectivity index (χ1) is 18.0. The quantitative estimate of drug-likeness (QED) is 0.275. The highest BCUT2D eigenvalue weighted by molar-refractivity contribution is 5.89. The Labute approximate surface area is 214 Å². The van der Waals surface area contributed by atoms with Gasteiger partial charge in [-0.25, -0.2) is 4.98 Å². The zero-order chi connectivity index (χ0) is 25.6. The molecule has 6 nitrogen and oxygen atoms in total. The second kappa shape index (κ2) is 8.75. The van der Waals surface area contributed by atoms with Crippen LogP contribution in [0.3, 0.4) is 0 Å². The molecule has 0 saturated heterocycles. The lowest BCUT2D eigenvalue weighted by Crippen LogP contribution is -2.19. The van der Waals surface area contributed by atoms with Crippen molar-refractivity contribution in [1.29, 1.82) is 0 Å². The first-order valence-electron chi connectivity index (χ1n) is 12.2. The molecule has 1 fully saturated rings. The summed E-state index contributed by atoms with van der Waals surface area (Å²) in [5, 5.41) is 13.8. The molecule has 37 heavy (non-hydrogen) atoms. The highest BCUT2D eigenvalue weighted by atomic mass is 16.5. The highest BCUT2D eigenvalue weighted by Gasteiger charge is 2.51. The molecule has 1 aliphatic rings. The van der Waals surface area contributed by atoms with E-state index >= 15 is 0 Å². The maximum Gasteiger partial charge on any atom is 0.314 e. The number of anilines is 1.